The first-order valence-electron chi connectivity index (χ1n) is 4.38. The number of aliphatic hydroxyl groups is 1. The lowest BCUT2D eigenvalue weighted by Gasteiger charge is -2.08. The summed E-state index contributed by atoms with van der Waals surface area (Å²) in [4.78, 5) is 10.5. The lowest BCUT2D eigenvalue weighted by molar-refractivity contribution is -0.117. The second-order valence-corrected chi connectivity index (χ2v) is 3.15. The number of hydrogen-bond donors (Lipinski definition) is 3. The van der Waals surface area contributed by atoms with Gasteiger partial charge < -0.3 is 16.2 Å². The minimum absolute atomic E-state index is 0.103. The van der Waals surface area contributed by atoms with Crippen LogP contribution >= 0.6 is 0 Å². The molecule has 76 valence electrons. The zero-order valence-electron chi connectivity index (χ0n) is 8.08. The van der Waals surface area contributed by atoms with E-state index in [-0.39, 0.29) is 6.54 Å². The summed E-state index contributed by atoms with van der Waals surface area (Å²) in [6, 6.07) is 0. The Kier molecular flexibility index (Phi) is 3.34. The molecule has 4 N–H and O–H groups in total. The lowest BCUT2D eigenvalue weighted by atomic mass is 10.2. The Morgan fingerprint density at radius 1 is 1.64 bits per heavy atom. The highest BCUT2D eigenvalue weighted by Crippen LogP contribution is 2.14. The van der Waals surface area contributed by atoms with E-state index in [1.54, 1.807) is 12.2 Å². The molecule has 0 saturated heterocycles. The molecule has 4 heteroatoms. The van der Waals surface area contributed by atoms with Gasteiger partial charge in [-0.2, -0.15) is 0 Å². The second kappa shape index (κ2) is 4.50. The van der Waals surface area contributed by atoms with Crippen LogP contribution in [0.2, 0.25) is 0 Å². The molecule has 0 fully saturated rings. The Balaban J connectivity index is 2.70. The van der Waals surface area contributed by atoms with Crippen LogP contribution in [0.15, 0.2) is 35.3 Å². The highest BCUT2D eigenvalue weighted by atomic mass is 16.3. The molecule has 0 atom stereocenters. The Morgan fingerprint density at radius 3 is 3.00 bits per heavy atom. The van der Waals surface area contributed by atoms with Gasteiger partial charge in [0.05, 0.1) is 12.3 Å². The van der Waals surface area contributed by atoms with Crippen molar-refractivity contribution in [1.29, 1.82) is 0 Å². The summed E-state index contributed by atoms with van der Waals surface area (Å²) in [5, 5.41) is 12.1. The maximum Gasteiger partial charge on any atom is 0.236 e. The average Bonchev–Trinajstić information content (AvgIpc) is 2.27. The van der Waals surface area contributed by atoms with Crippen LogP contribution in [0.3, 0.4) is 0 Å². The number of primary amides is 1. The van der Waals surface area contributed by atoms with Crippen molar-refractivity contribution in [2.45, 2.75) is 13.3 Å². The predicted octanol–water partition coefficient (Wildman–Crippen LogP) is 0.737. The maximum atomic E-state index is 10.5. The number of nitrogens with one attached hydrogen (secondary N) is 1. The highest BCUT2D eigenvalue weighted by molar-refractivity contribution is 5.76. The summed E-state index contributed by atoms with van der Waals surface area (Å²) in [6.07, 6.45) is 5.75. The molecule has 0 aliphatic heterocycles. The van der Waals surface area contributed by atoms with Crippen LogP contribution < -0.4 is 11.1 Å². The number of allylic oxidation sites excluding steroid dienone is 4. The van der Waals surface area contributed by atoms with E-state index in [2.05, 4.69) is 5.32 Å². The summed E-state index contributed by atoms with van der Waals surface area (Å²) >= 11 is 0. The molecule has 0 saturated carbocycles. The average molecular weight is 194 g/mol. The van der Waals surface area contributed by atoms with Gasteiger partial charge in [0.25, 0.3) is 0 Å². The zero-order chi connectivity index (χ0) is 10.6. The molecule has 4 nitrogen and oxygen atoms in total. The van der Waals surface area contributed by atoms with Gasteiger partial charge in [-0.1, -0.05) is 6.08 Å². The number of carbonyl (C=O) groups is 1. The summed E-state index contributed by atoms with van der Waals surface area (Å²) in [5.41, 5.74) is 6.81. The molecule has 1 aliphatic rings. The van der Waals surface area contributed by atoms with Crippen LogP contribution in [-0.2, 0) is 4.79 Å². The maximum absolute atomic E-state index is 10.5. The largest absolute Gasteiger partial charge is 0.512 e. The van der Waals surface area contributed by atoms with Crippen molar-refractivity contribution in [2.24, 2.45) is 5.73 Å². The fourth-order valence-electron chi connectivity index (χ4n) is 1.13. The molecule has 0 aromatic rings. The van der Waals surface area contributed by atoms with Crippen LogP contribution in [-0.4, -0.2) is 17.6 Å². The number of amides is 1. The fourth-order valence-corrected chi connectivity index (χ4v) is 1.13. The molecule has 0 aromatic carbocycles. The Morgan fingerprint density at radius 2 is 2.36 bits per heavy atom. The van der Waals surface area contributed by atoms with Crippen molar-refractivity contribution in [3.8, 4) is 0 Å². The van der Waals surface area contributed by atoms with E-state index in [0.717, 1.165) is 11.3 Å². The molecule has 0 heterocycles. The van der Waals surface area contributed by atoms with Crippen molar-refractivity contribution in [1.82, 2.24) is 5.32 Å². The van der Waals surface area contributed by atoms with Crippen molar-refractivity contribution in [2.75, 3.05) is 6.54 Å². The van der Waals surface area contributed by atoms with Gasteiger partial charge in [0, 0.05) is 12.1 Å². The van der Waals surface area contributed by atoms with E-state index >= 15 is 0 Å². The molecular weight excluding hydrogens is 180 g/mol. The van der Waals surface area contributed by atoms with E-state index in [9.17, 15) is 9.90 Å². The van der Waals surface area contributed by atoms with Gasteiger partial charge in [0.2, 0.25) is 5.91 Å². The van der Waals surface area contributed by atoms with Crippen LogP contribution in [0.4, 0.5) is 0 Å². The van der Waals surface area contributed by atoms with Crippen molar-refractivity contribution in [3.63, 3.8) is 0 Å². The standard InChI is InChI=1S/C10H14N2O2/c1-7-2-3-8(13)4-5-9(7)12-6-10(11)14/h2,4-5,12-13H,3,6H2,1H3,(H2,11,14). The first kappa shape index (κ1) is 10.4. The van der Waals surface area contributed by atoms with Gasteiger partial charge in [-0.25, -0.2) is 0 Å². The number of aliphatic hydroxyl groups excluding tert-OH is 1. The first-order chi connectivity index (χ1) is 6.59. The second-order valence-electron chi connectivity index (χ2n) is 3.15. The van der Waals surface area contributed by atoms with Crippen molar-refractivity contribution >= 4 is 5.91 Å². The predicted molar refractivity (Wildman–Crippen MR) is 54.4 cm³/mol. The lowest BCUT2D eigenvalue weighted by Crippen LogP contribution is -2.28. The van der Waals surface area contributed by atoms with Gasteiger partial charge in [0.1, 0.15) is 0 Å². The van der Waals surface area contributed by atoms with E-state index in [1.807, 2.05) is 13.0 Å². The third-order valence-corrected chi connectivity index (χ3v) is 1.94. The van der Waals surface area contributed by atoms with Crippen molar-refractivity contribution in [3.05, 3.63) is 35.3 Å². The van der Waals surface area contributed by atoms with E-state index in [4.69, 9.17) is 5.73 Å². The molecule has 0 bridgehead atoms. The van der Waals surface area contributed by atoms with Gasteiger partial charge in [0.15, 0.2) is 0 Å². The number of hydrogen-bond acceptors (Lipinski definition) is 3. The summed E-state index contributed by atoms with van der Waals surface area (Å²) in [6.45, 7) is 2.01. The molecule has 0 unspecified atom stereocenters. The minimum atomic E-state index is -0.406. The molecule has 0 spiro atoms. The van der Waals surface area contributed by atoms with E-state index in [1.165, 1.54) is 0 Å². The zero-order valence-corrected chi connectivity index (χ0v) is 8.08. The third-order valence-electron chi connectivity index (χ3n) is 1.94. The SMILES string of the molecule is CC1=CCC(O)=CC=C1NCC(N)=O. The summed E-state index contributed by atoms with van der Waals surface area (Å²) < 4.78 is 0. The van der Waals surface area contributed by atoms with Gasteiger partial charge in [-0.3, -0.25) is 4.79 Å². The molecule has 1 aliphatic carbocycles. The highest BCUT2D eigenvalue weighted by Gasteiger charge is 2.04. The van der Waals surface area contributed by atoms with Gasteiger partial charge >= 0.3 is 0 Å². The molecule has 14 heavy (non-hydrogen) atoms. The smallest absolute Gasteiger partial charge is 0.236 e. The molecule has 1 amide bonds. The molecule has 0 aromatic heterocycles. The Labute approximate surface area is 82.8 Å². The fraction of sp³-hybridized carbons (Fsp3) is 0.300. The monoisotopic (exact) mass is 194 g/mol. The number of nitrogens with two attached hydrogens (primary N) is 1. The normalized spacial score (nSPS) is 16.2. The van der Waals surface area contributed by atoms with Crippen molar-refractivity contribution < 1.29 is 9.90 Å². The van der Waals surface area contributed by atoms with Crippen LogP contribution in [0.25, 0.3) is 0 Å². The summed E-state index contributed by atoms with van der Waals surface area (Å²) in [5.74, 6) is -0.101. The van der Waals surface area contributed by atoms with E-state index < -0.39 is 5.91 Å². The van der Waals surface area contributed by atoms with E-state index in [0.29, 0.717) is 12.2 Å². The molecular formula is C10H14N2O2. The number of rotatable bonds is 3. The summed E-state index contributed by atoms with van der Waals surface area (Å²) in [7, 11) is 0. The van der Waals surface area contributed by atoms with Crippen LogP contribution in [0.1, 0.15) is 13.3 Å². The Hall–Kier alpha value is -1.71. The van der Waals surface area contributed by atoms with Crippen LogP contribution in [0, 0.1) is 0 Å². The molecule has 0 radical (unpaired) electrons. The first-order valence-corrected chi connectivity index (χ1v) is 4.38. The molecule has 1 rings (SSSR count). The number of carbonyl (C=O) groups excluding carboxylic acids is 1. The Bertz CT molecular complexity index is 327. The topological polar surface area (TPSA) is 75.3 Å². The van der Waals surface area contributed by atoms with Gasteiger partial charge in [-0.05, 0) is 24.6 Å². The van der Waals surface area contributed by atoms with Gasteiger partial charge in [-0.15, -0.1) is 0 Å². The quantitative estimate of drug-likeness (QED) is 0.620. The third kappa shape index (κ3) is 2.97. The van der Waals surface area contributed by atoms with Crippen LogP contribution in [0.5, 0.6) is 0 Å². The minimum Gasteiger partial charge on any atom is -0.512 e.